The molecule has 1 heterocycles. The zero-order chi connectivity index (χ0) is 13.3. The maximum Gasteiger partial charge on any atom is 0.328 e. The predicted octanol–water partition coefficient (Wildman–Crippen LogP) is 1.04. The summed E-state index contributed by atoms with van der Waals surface area (Å²) < 4.78 is 0. The summed E-state index contributed by atoms with van der Waals surface area (Å²) in [5, 5.41) is 12.5. The third-order valence-corrected chi connectivity index (χ3v) is 3.15. The van der Waals surface area contributed by atoms with Gasteiger partial charge in [-0.1, -0.05) is 17.7 Å². The molecule has 1 amide bonds. The number of hydrogen-bond donors (Lipinski definition) is 2. The van der Waals surface area contributed by atoms with Gasteiger partial charge in [-0.2, -0.15) is 0 Å². The van der Waals surface area contributed by atoms with E-state index in [1.807, 2.05) is 6.92 Å². The Morgan fingerprint density at radius 2 is 2.28 bits per heavy atom. The molecule has 1 saturated heterocycles. The average molecular weight is 269 g/mol. The lowest BCUT2D eigenvalue weighted by Gasteiger charge is -2.34. The van der Waals surface area contributed by atoms with Crippen molar-refractivity contribution in [2.24, 2.45) is 0 Å². The summed E-state index contributed by atoms with van der Waals surface area (Å²) in [6.07, 6.45) is 0. The molecule has 1 aromatic rings. The number of nitrogens with one attached hydrogen (secondary N) is 1. The Morgan fingerprint density at radius 1 is 1.56 bits per heavy atom. The molecule has 18 heavy (non-hydrogen) atoms. The van der Waals surface area contributed by atoms with Crippen molar-refractivity contribution in [3.8, 4) is 0 Å². The minimum atomic E-state index is -1.03. The van der Waals surface area contributed by atoms with Crippen molar-refractivity contribution in [2.45, 2.75) is 13.0 Å². The van der Waals surface area contributed by atoms with E-state index in [4.69, 9.17) is 11.6 Å². The van der Waals surface area contributed by atoms with Gasteiger partial charge in [0.15, 0.2) is 0 Å². The molecule has 96 valence electrons. The molecule has 1 fully saturated rings. The first-order chi connectivity index (χ1) is 8.50. The highest BCUT2D eigenvalue weighted by atomic mass is 35.5. The maximum absolute atomic E-state index is 11.9. The number of carbonyl (C=O) groups excluding carboxylic acids is 1. The second-order valence-corrected chi connectivity index (χ2v) is 4.62. The molecule has 0 bridgehead atoms. The van der Waals surface area contributed by atoms with Crippen LogP contribution in [0.15, 0.2) is 18.2 Å². The van der Waals surface area contributed by atoms with Crippen LogP contribution in [0.3, 0.4) is 0 Å². The Hall–Kier alpha value is -1.59. The number of carboxylic acids is 1. The maximum atomic E-state index is 11.9. The Kier molecular flexibility index (Phi) is 3.54. The molecule has 6 heteroatoms. The summed E-state index contributed by atoms with van der Waals surface area (Å²) in [7, 11) is 0. The van der Waals surface area contributed by atoms with E-state index in [1.165, 1.54) is 4.90 Å². The molecular weight excluding hydrogens is 256 g/mol. The molecule has 0 aromatic heterocycles. The normalized spacial score (nSPS) is 20.0. The van der Waals surface area contributed by atoms with Crippen LogP contribution in [0, 0.1) is 6.92 Å². The summed E-state index contributed by atoms with van der Waals surface area (Å²) in [5.41, 5.74) is 1.38. The Labute approximate surface area is 109 Å². The van der Waals surface area contributed by atoms with E-state index in [1.54, 1.807) is 18.2 Å². The monoisotopic (exact) mass is 268 g/mol. The number of amides is 1. The van der Waals surface area contributed by atoms with Gasteiger partial charge >= 0.3 is 5.97 Å². The van der Waals surface area contributed by atoms with Crippen molar-refractivity contribution in [1.82, 2.24) is 5.32 Å². The third-order valence-electron chi connectivity index (χ3n) is 2.91. The number of aryl methyl sites for hydroxylation is 1. The molecule has 2 rings (SSSR count). The number of rotatable bonds is 2. The fourth-order valence-corrected chi connectivity index (χ4v) is 2.17. The van der Waals surface area contributed by atoms with Crippen LogP contribution in [0.25, 0.3) is 0 Å². The van der Waals surface area contributed by atoms with Crippen LogP contribution in [0.4, 0.5) is 5.69 Å². The van der Waals surface area contributed by atoms with Crippen LogP contribution in [-0.2, 0) is 9.59 Å². The molecule has 1 unspecified atom stereocenters. The molecular formula is C12H13ClN2O3. The van der Waals surface area contributed by atoms with Crippen LogP contribution in [0.5, 0.6) is 0 Å². The number of benzene rings is 1. The van der Waals surface area contributed by atoms with Gasteiger partial charge in [0.1, 0.15) is 6.04 Å². The van der Waals surface area contributed by atoms with E-state index in [-0.39, 0.29) is 19.0 Å². The number of piperazine rings is 1. The summed E-state index contributed by atoms with van der Waals surface area (Å²) in [5.74, 6) is -1.30. The molecule has 1 aliphatic heterocycles. The molecule has 0 spiro atoms. The van der Waals surface area contributed by atoms with Gasteiger partial charge in [-0.05, 0) is 24.6 Å². The molecule has 0 aliphatic carbocycles. The topological polar surface area (TPSA) is 69.6 Å². The minimum Gasteiger partial charge on any atom is -0.480 e. The number of halogens is 1. The van der Waals surface area contributed by atoms with Crippen molar-refractivity contribution in [1.29, 1.82) is 0 Å². The average Bonchev–Trinajstić information content (AvgIpc) is 2.32. The molecule has 2 N–H and O–H groups in total. The second kappa shape index (κ2) is 4.96. The Bertz CT molecular complexity index is 504. The van der Waals surface area contributed by atoms with Crippen LogP contribution in [0.1, 0.15) is 5.56 Å². The van der Waals surface area contributed by atoms with E-state index in [0.717, 1.165) is 5.56 Å². The Morgan fingerprint density at radius 3 is 2.94 bits per heavy atom. The molecule has 1 aromatic carbocycles. The number of hydrogen-bond acceptors (Lipinski definition) is 3. The summed E-state index contributed by atoms with van der Waals surface area (Å²) >= 11 is 5.91. The van der Waals surface area contributed by atoms with Gasteiger partial charge in [0.05, 0.1) is 6.54 Å². The highest BCUT2D eigenvalue weighted by Crippen LogP contribution is 2.27. The van der Waals surface area contributed by atoms with Crippen LogP contribution >= 0.6 is 11.6 Å². The van der Waals surface area contributed by atoms with Crippen LogP contribution in [-0.4, -0.2) is 36.1 Å². The number of anilines is 1. The van der Waals surface area contributed by atoms with Gasteiger partial charge in [0.25, 0.3) is 0 Å². The van der Waals surface area contributed by atoms with Crippen LogP contribution < -0.4 is 10.2 Å². The first-order valence-electron chi connectivity index (χ1n) is 5.52. The van der Waals surface area contributed by atoms with E-state index >= 15 is 0 Å². The second-order valence-electron chi connectivity index (χ2n) is 4.18. The fourth-order valence-electron chi connectivity index (χ4n) is 2.01. The van der Waals surface area contributed by atoms with Crippen molar-refractivity contribution in [2.75, 3.05) is 18.0 Å². The van der Waals surface area contributed by atoms with Gasteiger partial charge in [-0.15, -0.1) is 0 Å². The lowest BCUT2D eigenvalue weighted by atomic mass is 10.1. The van der Waals surface area contributed by atoms with Gasteiger partial charge in [0.2, 0.25) is 5.91 Å². The van der Waals surface area contributed by atoms with Crippen molar-refractivity contribution >= 4 is 29.2 Å². The van der Waals surface area contributed by atoms with E-state index in [2.05, 4.69) is 5.32 Å². The van der Waals surface area contributed by atoms with Crippen molar-refractivity contribution < 1.29 is 14.7 Å². The van der Waals surface area contributed by atoms with Gasteiger partial charge in [-0.3, -0.25) is 9.69 Å². The van der Waals surface area contributed by atoms with Gasteiger partial charge in [0, 0.05) is 17.3 Å². The fraction of sp³-hybridized carbons (Fsp3) is 0.333. The van der Waals surface area contributed by atoms with E-state index in [9.17, 15) is 14.7 Å². The summed E-state index contributed by atoms with van der Waals surface area (Å²) in [6.45, 7) is 2.18. The standard InChI is InChI=1S/C12H13ClN2O3/c1-7-2-3-8(13)4-9(7)15-10(12(17)18)5-14-6-11(15)16/h2-4,10,14H,5-6H2,1H3,(H,17,18). The molecule has 0 saturated carbocycles. The molecule has 1 atom stereocenters. The molecule has 1 aliphatic rings. The van der Waals surface area contributed by atoms with E-state index < -0.39 is 12.0 Å². The minimum absolute atomic E-state index is 0.135. The van der Waals surface area contributed by atoms with Gasteiger partial charge in [-0.25, -0.2) is 4.79 Å². The number of aliphatic carboxylic acids is 1. The first-order valence-corrected chi connectivity index (χ1v) is 5.90. The largest absolute Gasteiger partial charge is 0.480 e. The summed E-state index contributed by atoms with van der Waals surface area (Å²) in [6, 6.07) is 4.20. The van der Waals surface area contributed by atoms with E-state index in [0.29, 0.717) is 10.7 Å². The smallest absolute Gasteiger partial charge is 0.328 e. The lowest BCUT2D eigenvalue weighted by molar-refractivity contribution is -0.140. The molecule has 0 radical (unpaired) electrons. The van der Waals surface area contributed by atoms with Crippen molar-refractivity contribution in [3.63, 3.8) is 0 Å². The zero-order valence-electron chi connectivity index (χ0n) is 9.81. The number of nitrogens with zero attached hydrogens (tertiary/aromatic N) is 1. The highest BCUT2D eigenvalue weighted by Gasteiger charge is 2.34. The van der Waals surface area contributed by atoms with Gasteiger partial charge < -0.3 is 10.4 Å². The lowest BCUT2D eigenvalue weighted by Crippen LogP contribution is -2.58. The summed E-state index contributed by atoms with van der Waals surface area (Å²) in [4.78, 5) is 24.4. The third kappa shape index (κ3) is 2.32. The zero-order valence-corrected chi connectivity index (χ0v) is 10.6. The Balaban J connectivity index is 2.46. The number of carboxylic acid groups (broad SMARTS) is 1. The number of carbonyl (C=O) groups is 2. The SMILES string of the molecule is Cc1ccc(Cl)cc1N1C(=O)CNCC1C(=O)O. The quantitative estimate of drug-likeness (QED) is 0.841. The van der Waals surface area contributed by atoms with Crippen LogP contribution in [0.2, 0.25) is 5.02 Å². The first kappa shape index (κ1) is 12.9. The highest BCUT2D eigenvalue weighted by molar-refractivity contribution is 6.31. The predicted molar refractivity (Wildman–Crippen MR) is 68.0 cm³/mol. The molecule has 5 nitrogen and oxygen atoms in total. The van der Waals surface area contributed by atoms with Crippen molar-refractivity contribution in [3.05, 3.63) is 28.8 Å².